The third-order valence-corrected chi connectivity index (χ3v) is 4.25. The summed E-state index contributed by atoms with van der Waals surface area (Å²) in [4.78, 5) is 47.3. The van der Waals surface area contributed by atoms with E-state index < -0.39 is 36.0 Å². The zero-order valence-corrected chi connectivity index (χ0v) is 16.3. The lowest BCUT2D eigenvalue weighted by atomic mass is 10.0. The van der Waals surface area contributed by atoms with Crippen LogP contribution in [0.15, 0.2) is 54.6 Å². The molecule has 2 atom stereocenters. The van der Waals surface area contributed by atoms with Crippen molar-refractivity contribution < 1.29 is 23.9 Å². The first-order chi connectivity index (χ1) is 13.8. The Labute approximate surface area is 172 Å². The van der Waals surface area contributed by atoms with E-state index in [1.165, 1.54) is 6.92 Å². The van der Waals surface area contributed by atoms with Gasteiger partial charge in [-0.1, -0.05) is 54.1 Å². The molecule has 2 rings (SSSR count). The Morgan fingerprint density at radius 3 is 2.28 bits per heavy atom. The van der Waals surface area contributed by atoms with Gasteiger partial charge in [0, 0.05) is 0 Å². The van der Waals surface area contributed by atoms with Crippen LogP contribution in [0.3, 0.4) is 0 Å². The highest BCUT2D eigenvalue weighted by molar-refractivity contribution is 6.33. The van der Waals surface area contributed by atoms with Crippen LogP contribution in [0, 0.1) is 0 Å². The second-order valence-corrected chi connectivity index (χ2v) is 6.51. The monoisotopic (exact) mass is 417 g/mol. The third kappa shape index (κ3) is 6.62. The van der Waals surface area contributed by atoms with Crippen LogP contribution in [0.2, 0.25) is 5.02 Å². The summed E-state index contributed by atoms with van der Waals surface area (Å²) in [5, 5.41) is 4.86. The van der Waals surface area contributed by atoms with Crippen molar-refractivity contribution >= 4 is 35.4 Å². The number of nitrogens with one attached hydrogen (secondary N) is 2. The number of rotatable bonds is 7. The zero-order chi connectivity index (χ0) is 21.4. The summed E-state index contributed by atoms with van der Waals surface area (Å²) in [6.45, 7) is 1.30. The summed E-state index contributed by atoms with van der Waals surface area (Å²) in [5.41, 5.74) is 5.80. The van der Waals surface area contributed by atoms with Crippen molar-refractivity contribution in [3.8, 4) is 0 Å². The summed E-state index contributed by atoms with van der Waals surface area (Å²) in [5.74, 6) is -2.05. The largest absolute Gasteiger partial charge is 0.452 e. The predicted octanol–water partition coefficient (Wildman–Crippen LogP) is 2.33. The van der Waals surface area contributed by atoms with Crippen molar-refractivity contribution in [2.75, 3.05) is 0 Å². The van der Waals surface area contributed by atoms with E-state index >= 15 is 0 Å². The number of esters is 1. The molecule has 0 aliphatic carbocycles. The van der Waals surface area contributed by atoms with E-state index in [2.05, 4.69) is 5.32 Å². The molecule has 0 radical (unpaired) electrons. The molecule has 9 heteroatoms. The van der Waals surface area contributed by atoms with Gasteiger partial charge in [0.15, 0.2) is 6.10 Å². The Morgan fingerprint density at radius 2 is 1.66 bits per heavy atom. The fourth-order valence-corrected chi connectivity index (χ4v) is 2.73. The van der Waals surface area contributed by atoms with Crippen LogP contribution < -0.4 is 16.4 Å². The first-order valence-electron chi connectivity index (χ1n) is 8.68. The molecule has 0 heterocycles. The molecule has 0 unspecified atom stereocenters. The summed E-state index contributed by atoms with van der Waals surface area (Å²) in [6.07, 6.45) is -1.47. The Balaban J connectivity index is 2.12. The highest BCUT2D eigenvalue weighted by Crippen LogP contribution is 2.21. The minimum absolute atomic E-state index is 0.242. The first-order valence-corrected chi connectivity index (χ1v) is 9.06. The maximum absolute atomic E-state index is 12.6. The van der Waals surface area contributed by atoms with Crippen molar-refractivity contribution in [2.45, 2.75) is 25.5 Å². The van der Waals surface area contributed by atoms with Gasteiger partial charge in [0.1, 0.15) is 0 Å². The number of primary amides is 1. The van der Waals surface area contributed by atoms with E-state index in [9.17, 15) is 19.2 Å². The van der Waals surface area contributed by atoms with Crippen molar-refractivity contribution in [1.82, 2.24) is 10.6 Å². The van der Waals surface area contributed by atoms with Gasteiger partial charge in [-0.05, 0) is 24.6 Å². The second kappa shape index (κ2) is 10.2. The smallest absolute Gasteiger partial charge is 0.318 e. The van der Waals surface area contributed by atoms with Gasteiger partial charge in [-0.15, -0.1) is 0 Å². The van der Waals surface area contributed by atoms with Crippen LogP contribution in [0.4, 0.5) is 4.79 Å². The lowest BCUT2D eigenvalue weighted by Crippen LogP contribution is -2.42. The molecular formula is C20H20ClN3O5. The molecule has 2 aromatic carbocycles. The standard InChI is InChI=1S/C20H20ClN3O5/c1-12(18(26)24-20(22)28)29-17(25)11-16(13-7-3-2-4-8-13)23-19(27)14-9-5-6-10-15(14)21/h2-10,12,16H,11H2,1H3,(H,23,27)(H3,22,24,26,28)/t12-,16-/m1/s1. The normalized spacial score (nSPS) is 12.3. The molecule has 0 aliphatic rings. The quantitative estimate of drug-likeness (QED) is 0.595. The second-order valence-electron chi connectivity index (χ2n) is 6.11. The lowest BCUT2D eigenvalue weighted by Gasteiger charge is -2.20. The Bertz CT molecular complexity index is 904. The molecule has 8 nitrogen and oxygen atoms in total. The molecule has 0 aromatic heterocycles. The van der Waals surface area contributed by atoms with Crippen molar-refractivity contribution in [1.29, 1.82) is 0 Å². The van der Waals surface area contributed by atoms with Gasteiger partial charge in [0.25, 0.3) is 11.8 Å². The zero-order valence-electron chi connectivity index (χ0n) is 15.6. The minimum atomic E-state index is -1.23. The summed E-state index contributed by atoms with van der Waals surface area (Å²) < 4.78 is 5.04. The van der Waals surface area contributed by atoms with E-state index in [0.29, 0.717) is 5.56 Å². The summed E-state index contributed by atoms with van der Waals surface area (Å²) in [7, 11) is 0. The number of nitrogens with two attached hydrogens (primary N) is 1. The molecule has 29 heavy (non-hydrogen) atoms. The molecule has 0 spiro atoms. The predicted molar refractivity (Wildman–Crippen MR) is 106 cm³/mol. The highest BCUT2D eigenvalue weighted by atomic mass is 35.5. The minimum Gasteiger partial charge on any atom is -0.452 e. The van der Waals surface area contributed by atoms with Crippen LogP contribution in [-0.4, -0.2) is 29.9 Å². The maximum Gasteiger partial charge on any atom is 0.318 e. The first kappa shape index (κ1) is 21.9. The fraction of sp³-hybridized carbons (Fsp3) is 0.200. The number of hydrogen-bond donors (Lipinski definition) is 3. The number of amides is 4. The lowest BCUT2D eigenvalue weighted by molar-refractivity contribution is -0.154. The molecule has 0 bridgehead atoms. The SMILES string of the molecule is C[C@@H](OC(=O)C[C@@H](NC(=O)c1ccccc1Cl)c1ccccc1)C(=O)NC(N)=O. The Hall–Kier alpha value is -3.39. The number of imide groups is 1. The van der Waals surface area contributed by atoms with Crippen LogP contribution >= 0.6 is 11.6 Å². The highest BCUT2D eigenvalue weighted by Gasteiger charge is 2.24. The van der Waals surface area contributed by atoms with E-state index in [-0.39, 0.29) is 17.0 Å². The van der Waals surface area contributed by atoms with Crippen LogP contribution in [0.5, 0.6) is 0 Å². The molecule has 152 valence electrons. The Morgan fingerprint density at radius 1 is 1.03 bits per heavy atom. The molecule has 0 saturated carbocycles. The molecule has 0 fully saturated rings. The van der Waals surface area contributed by atoms with Gasteiger partial charge >= 0.3 is 12.0 Å². The topological polar surface area (TPSA) is 128 Å². The van der Waals surface area contributed by atoms with Crippen molar-refractivity contribution in [3.63, 3.8) is 0 Å². The van der Waals surface area contributed by atoms with Crippen LogP contribution in [-0.2, 0) is 14.3 Å². The van der Waals surface area contributed by atoms with Gasteiger partial charge in [0.05, 0.1) is 23.0 Å². The van der Waals surface area contributed by atoms with Gasteiger partial charge in [-0.3, -0.25) is 19.7 Å². The van der Waals surface area contributed by atoms with Gasteiger partial charge in [-0.25, -0.2) is 4.79 Å². The number of ether oxygens (including phenoxy) is 1. The number of halogens is 1. The molecule has 4 amide bonds. The van der Waals surface area contributed by atoms with E-state index in [4.69, 9.17) is 22.1 Å². The third-order valence-electron chi connectivity index (χ3n) is 3.92. The molecule has 4 N–H and O–H groups in total. The Kier molecular flexibility index (Phi) is 7.73. The van der Waals surface area contributed by atoms with Gasteiger partial charge in [-0.2, -0.15) is 0 Å². The van der Waals surface area contributed by atoms with Gasteiger partial charge in [0.2, 0.25) is 0 Å². The average Bonchev–Trinajstić information content (AvgIpc) is 2.67. The summed E-state index contributed by atoms with van der Waals surface area (Å²) in [6, 6.07) is 13.6. The van der Waals surface area contributed by atoms with Gasteiger partial charge < -0.3 is 15.8 Å². The number of hydrogen-bond acceptors (Lipinski definition) is 5. The molecular weight excluding hydrogens is 398 g/mol. The number of carbonyl (C=O) groups is 4. The van der Waals surface area contributed by atoms with Crippen molar-refractivity contribution in [2.24, 2.45) is 5.73 Å². The summed E-state index contributed by atoms with van der Waals surface area (Å²) >= 11 is 6.06. The number of urea groups is 1. The molecule has 0 saturated heterocycles. The van der Waals surface area contributed by atoms with Crippen molar-refractivity contribution in [3.05, 3.63) is 70.7 Å². The van der Waals surface area contributed by atoms with Crippen LogP contribution in [0.1, 0.15) is 35.3 Å². The number of benzene rings is 2. The van der Waals surface area contributed by atoms with E-state index in [1.54, 1.807) is 54.6 Å². The van der Waals surface area contributed by atoms with E-state index in [0.717, 1.165) is 0 Å². The number of carbonyl (C=O) groups excluding carboxylic acids is 4. The maximum atomic E-state index is 12.6. The molecule has 2 aromatic rings. The molecule has 0 aliphatic heterocycles. The van der Waals surface area contributed by atoms with E-state index in [1.807, 2.05) is 5.32 Å². The fourth-order valence-electron chi connectivity index (χ4n) is 2.51. The average molecular weight is 418 g/mol. The van der Waals surface area contributed by atoms with Crippen LogP contribution in [0.25, 0.3) is 0 Å².